The molecule has 0 unspecified atom stereocenters. The van der Waals surface area contributed by atoms with Crippen molar-refractivity contribution in [2.45, 2.75) is 71.4 Å². The van der Waals surface area contributed by atoms with Crippen LogP contribution in [0.1, 0.15) is 56.5 Å². The van der Waals surface area contributed by atoms with Crippen molar-refractivity contribution in [2.75, 3.05) is 66.9 Å². The minimum atomic E-state index is -0.808. The fraction of sp³-hybridized carbons (Fsp3) is 0.625. The van der Waals surface area contributed by atoms with Crippen LogP contribution in [0.4, 0.5) is 10.5 Å². The van der Waals surface area contributed by atoms with Gasteiger partial charge >= 0.3 is 6.09 Å². The minimum Gasteiger partial charge on any atom is -0.496 e. The topological polar surface area (TPSA) is 151 Å². The van der Waals surface area contributed by atoms with Crippen LogP contribution in [0.25, 0.3) is 11.1 Å². The fourth-order valence-electron chi connectivity index (χ4n) is 8.83. The second-order valence-electron chi connectivity index (χ2n) is 16.1. The SMILES string of the molecule is CNC(=O)c1cc(-c2cccc(CN3O[C@@H](CN)[C@@H]([C@H](C)OC(=O)NCCN(C)C)[C@H]3C(=O)N[C@H]3C[C@H]4C[C@H]([C@@H]3C)C4(C)C)c2OC)cc(N(C)C)c1. The Morgan fingerprint density at radius 2 is 1.85 bits per heavy atom. The molecule has 53 heavy (non-hydrogen) atoms. The first kappa shape index (κ1) is 40.3. The maximum absolute atomic E-state index is 14.6. The molecule has 3 amide bonds. The number of anilines is 1. The zero-order valence-electron chi connectivity index (χ0n) is 33.2. The Labute approximate surface area is 315 Å². The highest BCUT2D eigenvalue weighted by Gasteiger charge is 2.57. The van der Waals surface area contributed by atoms with Crippen LogP contribution >= 0.6 is 0 Å². The third-order valence-electron chi connectivity index (χ3n) is 12.1. The van der Waals surface area contributed by atoms with Crippen LogP contribution in [0.15, 0.2) is 36.4 Å². The highest BCUT2D eigenvalue weighted by Crippen LogP contribution is 2.61. The van der Waals surface area contributed by atoms with Gasteiger partial charge in [-0.05, 0) is 80.8 Å². The van der Waals surface area contributed by atoms with Gasteiger partial charge in [0.1, 0.15) is 17.9 Å². The molecule has 0 aromatic heterocycles. The number of nitrogens with zero attached hydrogens (tertiary/aromatic N) is 3. The molecular weight excluding hydrogens is 674 g/mol. The number of fused-ring (bicyclic) bond motifs is 2. The number of amides is 3. The molecule has 6 rings (SSSR count). The van der Waals surface area contributed by atoms with Gasteiger partial charge in [0.2, 0.25) is 5.91 Å². The highest BCUT2D eigenvalue weighted by atomic mass is 16.7. The number of likely N-dealkylation sites (N-methyl/N-ethyl adjacent to an activating group) is 1. The van der Waals surface area contributed by atoms with Crippen LogP contribution in [-0.2, 0) is 20.9 Å². The predicted molar refractivity (Wildman–Crippen MR) is 206 cm³/mol. The van der Waals surface area contributed by atoms with Gasteiger partial charge in [0.15, 0.2) is 0 Å². The summed E-state index contributed by atoms with van der Waals surface area (Å²) in [5.74, 6) is 1.11. The molecule has 8 atom stereocenters. The highest BCUT2D eigenvalue weighted by molar-refractivity contribution is 5.97. The van der Waals surface area contributed by atoms with Crippen LogP contribution in [0, 0.1) is 29.1 Å². The number of carbonyl (C=O) groups is 3. The number of hydroxylamine groups is 2. The molecule has 2 aromatic carbocycles. The number of hydrogen-bond acceptors (Lipinski definition) is 10. The number of para-hydroxylation sites is 1. The fourth-order valence-corrected chi connectivity index (χ4v) is 8.83. The van der Waals surface area contributed by atoms with Crippen molar-refractivity contribution >= 4 is 23.6 Å². The van der Waals surface area contributed by atoms with Crippen molar-refractivity contribution in [3.05, 3.63) is 47.5 Å². The summed E-state index contributed by atoms with van der Waals surface area (Å²) in [6, 6.07) is 10.7. The summed E-state index contributed by atoms with van der Waals surface area (Å²) in [6.07, 6.45) is 0.289. The van der Waals surface area contributed by atoms with E-state index in [0.29, 0.717) is 42.2 Å². The largest absolute Gasteiger partial charge is 0.496 e. The van der Waals surface area contributed by atoms with Gasteiger partial charge in [-0.3, -0.25) is 14.4 Å². The zero-order chi connectivity index (χ0) is 38.8. The van der Waals surface area contributed by atoms with E-state index in [2.05, 4.69) is 36.7 Å². The smallest absolute Gasteiger partial charge is 0.407 e. The Balaban J connectivity index is 1.47. The van der Waals surface area contributed by atoms with Gasteiger partial charge in [-0.25, -0.2) is 4.79 Å². The van der Waals surface area contributed by atoms with E-state index in [9.17, 15) is 14.4 Å². The van der Waals surface area contributed by atoms with Crippen molar-refractivity contribution < 1.29 is 28.7 Å². The first-order valence-corrected chi connectivity index (χ1v) is 18.8. The minimum absolute atomic E-state index is 0.0283. The Bertz CT molecular complexity index is 1630. The Morgan fingerprint density at radius 1 is 1.11 bits per heavy atom. The van der Waals surface area contributed by atoms with Gasteiger partial charge < -0.3 is 41.0 Å². The van der Waals surface area contributed by atoms with Gasteiger partial charge in [-0.1, -0.05) is 39.0 Å². The maximum atomic E-state index is 14.6. The van der Waals surface area contributed by atoms with Crippen molar-refractivity contribution in [3.8, 4) is 16.9 Å². The molecule has 292 valence electrons. The average Bonchev–Trinajstić information content (AvgIpc) is 3.49. The number of hydrogen-bond donors (Lipinski definition) is 4. The molecule has 1 aliphatic heterocycles. The molecule has 13 nitrogen and oxygen atoms in total. The van der Waals surface area contributed by atoms with Crippen molar-refractivity contribution in [3.63, 3.8) is 0 Å². The third kappa shape index (κ3) is 8.43. The van der Waals surface area contributed by atoms with Crippen LogP contribution in [0.5, 0.6) is 5.75 Å². The van der Waals surface area contributed by atoms with Gasteiger partial charge in [0, 0.05) is 69.2 Å². The molecule has 2 aromatic rings. The standard InChI is InChI=1S/C40H61N7O6/c1-23-31-19-28(40(31,3)4)20-32(23)44-38(49)35-34(24(2)52-39(50)43-14-15-45(6)7)33(21-41)53-47(35)22-25-12-11-13-30(36(25)51-10)26-16-27(37(48)42-5)18-29(17-26)46(8)9/h11-13,16-18,23-24,28,31-35H,14-15,19-22,41H2,1-10H3,(H,42,48)(H,43,50)(H,44,49)/t23-,24-,28+,31+,32-,33-,34+,35-/m0/s1. The van der Waals surface area contributed by atoms with Gasteiger partial charge in [0.05, 0.1) is 25.7 Å². The molecular formula is C40H61N7O6. The summed E-state index contributed by atoms with van der Waals surface area (Å²) in [7, 11) is 10.9. The maximum Gasteiger partial charge on any atom is 0.407 e. The van der Waals surface area contributed by atoms with E-state index in [0.717, 1.165) is 28.8 Å². The quantitative estimate of drug-likeness (QED) is 0.226. The van der Waals surface area contributed by atoms with Gasteiger partial charge in [-0.15, -0.1) is 0 Å². The van der Waals surface area contributed by atoms with Gasteiger partial charge in [0.25, 0.3) is 5.91 Å². The molecule has 1 saturated heterocycles. The van der Waals surface area contributed by atoms with E-state index >= 15 is 0 Å². The molecule has 4 aliphatic rings. The first-order valence-electron chi connectivity index (χ1n) is 18.8. The number of rotatable bonds is 14. The predicted octanol–water partition coefficient (Wildman–Crippen LogP) is 3.71. The number of methoxy groups -OCH3 is 1. The summed E-state index contributed by atoms with van der Waals surface area (Å²) in [6.45, 7) is 10.1. The summed E-state index contributed by atoms with van der Waals surface area (Å²) in [5.41, 5.74) is 10.3. The van der Waals surface area contributed by atoms with E-state index in [4.69, 9.17) is 20.0 Å². The molecule has 5 N–H and O–H groups in total. The molecule has 2 bridgehead atoms. The van der Waals surface area contributed by atoms with E-state index in [1.807, 2.05) is 74.4 Å². The molecule has 0 spiro atoms. The number of nitrogens with two attached hydrogens (primary N) is 1. The molecule has 3 saturated carbocycles. The van der Waals surface area contributed by atoms with Crippen LogP contribution < -0.4 is 31.3 Å². The third-order valence-corrected chi connectivity index (χ3v) is 12.1. The molecule has 1 heterocycles. The lowest BCUT2D eigenvalue weighted by atomic mass is 9.45. The Morgan fingerprint density at radius 3 is 2.45 bits per heavy atom. The van der Waals surface area contributed by atoms with Crippen molar-refractivity contribution in [1.29, 1.82) is 0 Å². The van der Waals surface area contributed by atoms with Crippen molar-refractivity contribution in [2.24, 2.45) is 34.8 Å². The summed E-state index contributed by atoms with van der Waals surface area (Å²) in [4.78, 5) is 50.7. The first-order chi connectivity index (χ1) is 25.1. The Hall–Kier alpha value is -3.91. The van der Waals surface area contributed by atoms with Crippen LogP contribution in [0.3, 0.4) is 0 Å². The summed E-state index contributed by atoms with van der Waals surface area (Å²) < 4.78 is 12.0. The number of carbonyl (C=O) groups excluding carboxylic acids is 3. The normalized spacial score (nSPS) is 26.7. The van der Waals surface area contributed by atoms with E-state index in [-0.39, 0.29) is 36.4 Å². The lowest BCUT2D eigenvalue weighted by molar-refractivity contribution is -0.175. The number of nitrogens with one attached hydrogen (secondary N) is 3. The zero-order valence-corrected chi connectivity index (χ0v) is 33.2. The second-order valence-corrected chi connectivity index (χ2v) is 16.1. The van der Waals surface area contributed by atoms with Crippen LogP contribution in [-0.4, -0.2) is 114 Å². The number of alkyl carbamates (subject to hydrolysis) is 1. The molecule has 13 heteroatoms. The lowest BCUT2D eigenvalue weighted by Gasteiger charge is -2.62. The second kappa shape index (κ2) is 16.6. The number of ether oxygens (including phenoxy) is 2. The Kier molecular flexibility index (Phi) is 12.6. The van der Waals surface area contributed by atoms with E-state index in [1.165, 1.54) is 6.42 Å². The molecule has 0 radical (unpaired) electrons. The molecule has 4 fully saturated rings. The summed E-state index contributed by atoms with van der Waals surface area (Å²) >= 11 is 0. The number of benzene rings is 2. The van der Waals surface area contributed by atoms with Gasteiger partial charge in [-0.2, -0.15) is 5.06 Å². The van der Waals surface area contributed by atoms with Crippen LogP contribution in [0.2, 0.25) is 0 Å². The van der Waals surface area contributed by atoms with E-state index in [1.54, 1.807) is 26.1 Å². The summed E-state index contributed by atoms with van der Waals surface area (Å²) in [5, 5.41) is 10.6. The molecule has 3 aliphatic carbocycles. The monoisotopic (exact) mass is 735 g/mol. The van der Waals surface area contributed by atoms with Crippen molar-refractivity contribution in [1.82, 2.24) is 25.9 Å². The van der Waals surface area contributed by atoms with E-state index < -0.39 is 30.3 Å². The average molecular weight is 736 g/mol. The lowest BCUT2D eigenvalue weighted by Crippen LogP contribution is -2.62.